The number of hydrogen-bond donors (Lipinski definition) is 2. The highest BCUT2D eigenvalue weighted by Gasteiger charge is 2.31. The van der Waals surface area contributed by atoms with Gasteiger partial charge in [0.2, 0.25) is 11.1 Å². The molecular formula is C20H20ClN5OS. The van der Waals surface area contributed by atoms with Crippen molar-refractivity contribution >= 4 is 35.0 Å². The number of nitrogen functional groups attached to an aromatic ring is 1. The van der Waals surface area contributed by atoms with Crippen LogP contribution in [0.1, 0.15) is 41.0 Å². The first-order chi connectivity index (χ1) is 13.5. The molecule has 3 aromatic rings. The summed E-state index contributed by atoms with van der Waals surface area (Å²) < 4.78 is 1.51. The number of amides is 1. The minimum absolute atomic E-state index is 0.174. The first-order valence-electron chi connectivity index (χ1n) is 9.02. The van der Waals surface area contributed by atoms with Gasteiger partial charge < -0.3 is 11.2 Å². The molecule has 1 aliphatic rings. The van der Waals surface area contributed by atoms with Gasteiger partial charge in [0, 0.05) is 16.6 Å². The topological polar surface area (TPSA) is 85.8 Å². The van der Waals surface area contributed by atoms with Crippen molar-refractivity contribution in [3.05, 3.63) is 70.5 Å². The van der Waals surface area contributed by atoms with E-state index in [0.29, 0.717) is 21.8 Å². The summed E-state index contributed by atoms with van der Waals surface area (Å²) in [5, 5.41) is 12.0. The van der Waals surface area contributed by atoms with Crippen molar-refractivity contribution in [3.63, 3.8) is 0 Å². The van der Waals surface area contributed by atoms with E-state index in [1.165, 1.54) is 16.4 Å². The van der Waals surface area contributed by atoms with Gasteiger partial charge in [0.25, 0.3) is 0 Å². The van der Waals surface area contributed by atoms with E-state index in [1.807, 2.05) is 49.4 Å². The minimum Gasteiger partial charge on any atom is -0.336 e. The molecule has 1 saturated carbocycles. The van der Waals surface area contributed by atoms with Crippen LogP contribution in [-0.4, -0.2) is 20.8 Å². The number of aryl methyl sites for hydroxylation is 1. The Morgan fingerprint density at radius 2 is 2.00 bits per heavy atom. The summed E-state index contributed by atoms with van der Waals surface area (Å²) in [6.45, 7) is 1.92. The van der Waals surface area contributed by atoms with E-state index in [-0.39, 0.29) is 5.91 Å². The van der Waals surface area contributed by atoms with E-state index >= 15 is 0 Å². The van der Waals surface area contributed by atoms with Crippen molar-refractivity contribution in [1.29, 1.82) is 0 Å². The molecule has 144 valence electrons. The standard InChI is InChI=1S/C20H20ClN5OS/c1-12-7-10-15(11-16(12)21)23-19(27)17(13-5-3-2-4-6-13)28-20-25-24-18(26(20)22)14-8-9-14/h2-7,10-11,14,17H,8-9,22H2,1H3,(H,23,27)/t17-/m0/s1. The molecule has 3 N–H and O–H groups in total. The van der Waals surface area contributed by atoms with Crippen molar-refractivity contribution in [2.24, 2.45) is 0 Å². The lowest BCUT2D eigenvalue weighted by Crippen LogP contribution is -2.21. The lowest BCUT2D eigenvalue weighted by molar-refractivity contribution is -0.115. The van der Waals surface area contributed by atoms with Gasteiger partial charge in [0.1, 0.15) is 5.25 Å². The van der Waals surface area contributed by atoms with E-state index in [9.17, 15) is 4.79 Å². The maximum Gasteiger partial charge on any atom is 0.242 e. The Kier molecular flexibility index (Phi) is 5.28. The van der Waals surface area contributed by atoms with E-state index < -0.39 is 5.25 Å². The van der Waals surface area contributed by atoms with Crippen molar-refractivity contribution in [2.75, 3.05) is 11.2 Å². The van der Waals surface area contributed by atoms with Crippen LogP contribution in [0.3, 0.4) is 0 Å². The first-order valence-corrected chi connectivity index (χ1v) is 10.3. The first kappa shape index (κ1) is 18.8. The summed E-state index contributed by atoms with van der Waals surface area (Å²) in [4.78, 5) is 13.1. The van der Waals surface area contributed by atoms with Gasteiger partial charge in [-0.05, 0) is 43.0 Å². The summed E-state index contributed by atoms with van der Waals surface area (Å²) in [6.07, 6.45) is 2.16. The highest BCUT2D eigenvalue weighted by molar-refractivity contribution is 8.00. The summed E-state index contributed by atoms with van der Waals surface area (Å²) in [5.74, 6) is 7.17. The number of thioether (sulfide) groups is 1. The molecular weight excluding hydrogens is 394 g/mol. The number of hydrogen-bond acceptors (Lipinski definition) is 5. The number of halogens is 1. The van der Waals surface area contributed by atoms with Crippen molar-refractivity contribution in [3.8, 4) is 0 Å². The number of nitrogens with two attached hydrogens (primary N) is 1. The smallest absolute Gasteiger partial charge is 0.242 e. The second-order valence-electron chi connectivity index (χ2n) is 6.85. The summed E-state index contributed by atoms with van der Waals surface area (Å²) in [6, 6.07) is 15.0. The van der Waals surface area contributed by atoms with Crippen LogP contribution < -0.4 is 11.2 Å². The molecule has 2 aromatic carbocycles. The third kappa shape index (κ3) is 4.00. The molecule has 8 heteroatoms. The molecule has 1 aromatic heterocycles. The van der Waals surface area contributed by atoms with E-state index in [0.717, 1.165) is 29.8 Å². The second kappa shape index (κ2) is 7.85. The van der Waals surface area contributed by atoms with Gasteiger partial charge in [-0.2, -0.15) is 0 Å². The number of rotatable bonds is 6. The molecule has 0 saturated heterocycles. The molecule has 4 rings (SSSR count). The Bertz CT molecular complexity index is 1000. The zero-order valence-corrected chi connectivity index (χ0v) is 16.9. The summed E-state index contributed by atoms with van der Waals surface area (Å²) >= 11 is 7.48. The number of nitrogens with one attached hydrogen (secondary N) is 1. The number of aromatic nitrogens is 3. The Morgan fingerprint density at radius 1 is 1.25 bits per heavy atom. The fourth-order valence-electron chi connectivity index (χ4n) is 2.87. The van der Waals surface area contributed by atoms with E-state index in [4.69, 9.17) is 17.4 Å². The molecule has 0 bridgehead atoms. The van der Waals surface area contributed by atoms with Crippen LogP contribution in [0, 0.1) is 6.92 Å². The Hall–Kier alpha value is -2.51. The number of nitrogens with zero attached hydrogens (tertiary/aromatic N) is 3. The zero-order valence-electron chi connectivity index (χ0n) is 15.3. The highest BCUT2D eigenvalue weighted by atomic mass is 35.5. The van der Waals surface area contributed by atoms with Crippen LogP contribution in [0.15, 0.2) is 53.7 Å². The van der Waals surface area contributed by atoms with E-state index in [1.54, 1.807) is 6.07 Å². The fourth-order valence-corrected chi connectivity index (χ4v) is 4.02. The van der Waals surface area contributed by atoms with Crippen molar-refractivity contribution in [2.45, 2.75) is 36.1 Å². The Morgan fingerprint density at radius 3 is 2.68 bits per heavy atom. The molecule has 0 radical (unpaired) electrons. The van der Waals surface area contributed by atoms with Gasteiger partial charge in [-0.25, -0.2) is 4.68 Å². The molecule has 0 unspecified atom stereocenters. The molecule has 28 heavy (non-hydrogen) atoms. The van der Waals surface area contributed by atoms with Gasteiger partial charge in [-0.15, -0.1) is 10.2 Å². The number of carbonyl (C=O) groups excluding carboxylic acids is 1. The van der Waals surface area contributed by atoms with Crippen LogP contribution in [0.25, 0.3) is 0 Å². The molecule has 6 nitrogen and oxygen atoms in total. The predicted octanol–water partition coefficient (Wildman–Crippen LogP) is 4.30. The molecule has 1 fully saturated rings. The average molecular weight is 414 g/mol. The van der Waals surface area contributed by atoms with Crippen LogP contribution in [0.5, 0.6) is 0 Å². The monoisotopic (exact) mass is 413 g/mol. The minimum atomic E-state index is -0.528. The summed E-state index contributed by atoms with van der Waals surface area (Å²) in [7, 11) is 0. The van der Waals surface area contributed by atoms with Gasteiger partial charge in [-0.3, -0.25) is 4.79 Å². The highest BCUT2D eigenvalue weighted by Crippen LogP contribution is 2.41. The second-order valence-corrected chi connectivity index (χ2v) is 8.33. The average Bonchev–Trinajstić information content (AvgIpc) is 3.47. The van der Waals surface area contributed by atoms with Crippen LogP contribution >= 0.6 is 23.4 Å². The molecule has 0 spiro atoms. The van der Waals surface area contributed by atoms with Crippen LogP contribution in [0.4, 0.5) is 5.69 Å². The SMILES string of the molecule is Cc1ccc(NC(=O)[C@@H](Sc2nnc(C3CC3)n2N)c2ccccc2)cc1Cl. The fraction of sp³-hybridized carbons (Fsp3) is 0.250. The predicted molar refractivity (Wildman–Crippen MR) is 112 cm³/mol. The van der Waals surface area contributed by atoms with Crippen molar-refractivity contribution < 1.29 is 4.79 Å². The van der Waals surface area contributed by atoms with Crippen LogP contribution in [-0.2, 0) is 4.79 Å². The number of benzene rings is 2. The van der Waals surface area contributed by atoms with Gasteiger partial charge in [-0.1, -0.05) is 59.8 Å². The van der Waals surface area contributed by atoms with Crippen LogP contribution in [0.2, 0.25) is 5.02 Å². The van der Waals surface area contributed by atoms with E-state index in [2.05, 4.69) is 15.5 Å². The van der Waals surface area contributed by atoms with Crippen molar-refractivity contribution in [1.82, 2.24) is 14.9 Å². The van der Waals surface area contributed by atoms with Gasteiger partial charge in [0.05, 0.1) is 0 Å². The molecule has 1 heterocycles. The Balaban J connectivity index is 1.60. The normalized spacial score (nSPS) is 14.6. The number of carbonyl (C=O) groups is 1. The lowest BCUT2D eigenvalue weighted by atomic mass is 10.1. The summed E-state index contributed by atoms with van der Waals surface area (Å²) in [5.41, 5.74) is 2.46. The molecule has 1 amide bonds. The molecule has 1 atom stereocenters. The maximum atomic E-state index is 13.1. The lowest BCUT2D eigenvalue weighted by Gasteiger charge is -2.17. The Labute approximate surface area is 172 Å². The largest absolute Gasteiger partial charge is 0.336 e. The zero-order chi connectivity index (χ0) is 19.7. The quantitative estimate of drug-likeness (QED) is 0.464. The van der Waals surface area contributed by atoms with Gasteiger partial charge >= 0.3 is 0 Å². The van der Waals surface area contributed by atoms with Gasteiger partial charge in [0.15, 0.2) is 5.82 Å². The third-order valence-corrected chi connectivity index (χ3v) is 6.25. The molecule has 1 aliphatic carbocycles. The number of anilines is 1. The maximum absolute atomic E-state index is 13.1. The third-order valence-electron chi connectivity index (χ3n) is 4.64. The molecule has 0 aliphatic heterocycles.